The Bertz CT molecular complexity index is 608. The van der Waals surface area contributed by atoms with Gasteiger partial charge >= 0.3 is 0 Å². The fourth-order valence-corrected chi connectivity index (χ4v) is 2.26. The number of nitrogen functional groups attached to an aromatic ring is 1. The van der Waals surface area contributed by atoms with Crippen LogP contribution in [0.25, 0.3) is 0 Å². The van der Waals surface area contributed by atoms with Crippen molar-refractivity contribution in [3.63, 3.8) is 0 Å². The van der Waals surface area contributed by atoms with Gasteiger partial charge in [-0.3, -0.25) is 0 Å². The Labute approximate surface area is 124 Å². The third-order valence-electron chi connectivity index (χ3n) is 3.34. The predicted molar refractivity (Wildman–Crippen MR) is 83.9 cm³/mol. The summed E-state index contributed by atoms with van der Waals surface area (Å²) in [6.45, 7) is 5.17. The topological polar surface area (TPSA) is 76.3 Å². The minimum absolute atomic E-state index is 0.598. The third-order valence-corrected chi connectivity index (χ3v) is 3.34. The molecule has 1 aliphatic rings. The second kappa shape index (κ2) is 5.97. The number of hydrogen-bond acceptors (Lipinski definition) is 6. The summed E-state index contributed by atoms with van der Waals surface area (Å²) < 4.78 is 5.38. The molecule has 3 rings (SSSR count). The minimum atomic E-state index is 0.598. The Kier molecular flexibility index (Phi) is 3.87. The quantitative estimate of drug-likeness (QED) is 0.839. The summed E-state index contributed by atoms with van der Waals surface area (Å²) in [7, 11) is 0. The van der Waals surface area contributed by atoms with Crippen LogP contribution in [0.5, 0.6) is 0 Å². The van der Waals surface area contributed by atoms with E-state index < -0.39 is 0 Å². The first-order valence-electron chi connectivity index (χ1n) is 7.02. The lowest BCUT2D eigenvalue weighted by Gasteiger charge is -2.28. The van der Waals surface area contributed by atoms with Crippen LogP contribution >= 0.6 is 0 Å². The lowest BCUT2D eigenvalue weighted by Crippen LogP contribution is -2.36. The van der Waals surface area contributed by atoms with E-state index in [9.17, 15) is 0 Å². The molecule has 6 nitrogen and oxygen atoms in total. The van der Waals surface area contributed by atoms with Gasteiger partial charge < -0.3 is 20.7 Å². The van der Waals surface area contributed by atoms with E-state index in [-0.39, 0.29) is 0 Å². The summed E-state index contributed by atoms with van der Waals surface area (Å²) in [6.07, 6.45) is 0. The van der Waals surface area contributed by atoms with E-state index in [0.717, 1.165) is 49.2 Å². The van der Waals surface area contributed by atoms with Gasteiger partial charge in [-0.15, -0.1) is 0 Å². The van der Waals surface area contributed by atoms with Crippen LogP contribution in [0.3, 0.4) is 0 Å². The number of nitrogens with one attached hydrogen (secondary N) is 1. The Hall–Kier alpha value is -2.34. The molecule has 1 aromatic heterocycles. The lowest BCUT2D eigenvalue weighted by atomic mass is 10.3. The van der Waals surface area contributed by atoms with Crippen LogP contribution in [0.1, 0.15) is 5.69 Å². The zero-order valence-electron chi connectivity index (χ0n) is 12.0. The first kappa shape index (κ1) is 13.6. The molecule has 0 amide bonds. The third kappa shape index (κ3) is 3.41. The van der Waals surface area contributed by atoms with Crippen molar-refractivity contribution in [1.82, 2.24) is 9.97 Å². The maximum atomic E-state index is 5.69. The van der Waals surface area contributed by atoms with Crippen molar-refractivity contribution >= 4 is 23.1 Å². The van der Waals surface area contributed by atoms with Gasteiger partial charge in [-0.2, -0.15) is 4.98 Å². The molecular weight excluding hydrogens is 266 g/mol. The molecule has 0 bridgehead atoms. The molecule has 1 fully saturated rings. The molecule has 1 aromatic carbocycles. The Morgan fingerprint density at radius 2 is 1.86 bits per heavy atom. The van der Waals surface area contributed by atoms with Gasteiger partial charge in [0.05, 0.1) is 13.2 Å². The maximum absolute atomic E-state index is 5.69. The summed E-state index contributed by atoms with van der Waals surface area (Å²) in [4.78, 5) is 11.2. The molecule has 110 valence electrons. The second-order valence-electron chi connectivity index (χ2n) is 5.04. The average molecular weight is 285 g/mol. The van der Waals surface area contributed by atoms with Crippen LogP contribution in [0.2, 0.25) is 0 Å². The summed E-state index contributed by atoms with van der Waals surface area (Å²) in [5.74, 6) is 1.53. The first-order valence-corrected chi connectivity index (χ1v) is 7.02. The van der Waals surface area contributed by atoms with Gasteiger partial charge in [0.15, 0.2) is 0 Å². The summed E-state index contributed by atoms with van der Waals surface area (Å²) in [5, 5.41) is 3.22. The van der Waals surface area contributed by atoms with Gasteiger partial charge in [0, 0.05) is 36.2 Å². The zero-order chi connectivity index (χ0) is 14.7. The van der Waals surface area contributed by atoms with Crippen molar-refractivity contribution in [2.24, 2.45) is 0 Å². The number of anilines is 4. The molecule has 3 N–H and O–H groups in total. The molecule has 0 radical (unpaired) electrons. The number of benzene rings is 1. The predicted octanol–water partition coefficient (Wildman–Crippen LogP) is 1.95. The SMILES string of the molecule is Cc1cc(N2CCOCC2)nc(Nc2ccc(N)cc2)n1. The van der Waals surface area contributed by atoms with Crippen molar-refractivity contribution < 1.29 is 4.74 Å². The van der Waals surface area contributed by atoms with Gasteiger partial charge in [0.1, 0.15) is 5.82 Å². The van der Waals surface area contributed by atoms with Gasteiger partial charge in [0.25, 0.3) is 0 Å². The smallest absolute Gasteiger partial charge is 0.229 e. The summed E-state index contributed by atoms with van der Waals surface area (Å²) in [5.41, 5.74) is 8.28. The monoisotopic (exact) mass is 285 g/mol. The number of rotatable bonds is 3. The van der Waals surface area contributed by atoms with Crippen molar-refractivity contribution in [2.45, 2.75) is 6.92 Å². The molecule has 2 aromatic rings. The number of nitrogens with two attached hydrogens (primary N) is 1. The van der Waals surface area contributed by atoms with Crippen molar-refractivity contribution in [1.29, 1.82) is 0 Å². The van der Waals surface area contributed by atoms with Crippen LogP contribution in [-0.2, 0) is 4.74 Å². The molecule has 6 heteroatoms. The van der Waals surface area contributed by atoms with Crippen LogP contribution in [0.4, 0.5) is 23.1 Å². The van der Waals surface area contributed by atoms with E-state index >= 15 is 0 Å². The molecular formula is C15H19N5O. The van der Waals surface area contributed by atoms with E-state index in [1.54, 1.807) is 0 Å². The number of aryl methyl sites for hydroxylation is 1. The molecule has 2 heterocycles. The first-order chi connectivity index (χ1) is 10.2. The molecule has 0 saturated carbocycles. The van der Waals surface area contributed by atoms with Crippen LogP contribution in [0, 0.1) is 6.92 Å². The molecule has 0 spiro atoms. The molecule has 0 atom stereocenters. The molecule has 1 saturated heterocycles. The standard InChI is InChI=1S/C15H19N5O/c1-11-10-14(20-6-8-21-9-7-20)19-15(17-11)18-13-4-2-12(16)3-5-13/h2-5,10H,6-9,16H2,1H3,(H,17,18,19). The van der Waals surface area contributed by atoms with Gasteiger partial charge in [-0.1, -0.05) is 0 Å². The number of morpholine rings is 1. The minimum Gasteiger partial charge on any atom is -0.399 e. The van der Waals surface area contributed by atoms with Crippen molar-refractivity contribution in [2.75, 3.05) is 42.3 Å². The van der Waals surface area contributed by atoms with Crippen LogP contribution in [0.15, 0.2) is 30.3 Å². The van der Waals surface area contributed by atoms with E-state index in [0.29, 0.717) is 5.95 Å². The van der Waals surface area contributed by atoms with E-state index in [1.807, 2.05) is 37.3 Å². The number of nitrogens with zero attached hydrogens (tertiary/aromatic N) is 3. The largest absolute Gasteiger partial charge is 0.399 e. The van der Waals surface area contributed by atoms with E-state index in [2.05, 4.69) is 20.2 Å². The average Bonchev–Trinajstić information content (AvgIpc) is 2.50. The molecule has 0 unspecified atom stereocenters. The second-order valence-corrected chi connectivity index (χ2v) is 5.04. The van der Waals surface area contributed by atoms with E-state index in [1.165, 1.54) is 0 Å². The summed E-state index contributed by atoms with van der Waals surface area (Å²) in [6, 6.07) is 9.52. The number of aromatic nitrogens is 2. The van der Waals surface area contributed by atoms with Crippen molar-refractivity contribution in [3.8, 4) is 0 Å². The highest BCUT2D eigenvalue weighted by Gasteiger charge is 2.14. The van der Waals surface area contributed by atoms with Gasteiger partial charge in [-0.05, 0) is 31.2 Å². The highest BCUT2D eigenvalue weighted by molar-refractivity contribution is 5.58. The number of hydrogen-bond donors (Lipinski definition) is 2. The van der Waals surface area contributed by atoms with Crippen LogP contribution < -0.4 is 16.0 Å². The highest BCUT2D eigenvalue weighted by Crippen LogP contribution is 2.19. The summed E-state index contributed by atoms with van der Waals surface area (Å²) >= 11 is 0. The zero-order valence-corrected chi connectivity index (χ0v) is 12.0. The molecule has 1 aliphatic heterocycles. The Balaban J connectivity index is 1.81. The Morgan fingerprint density at radius 1 is 1.14 bits per heavy atom. The van der Waals surface area contributed by atoms with E-state index in [4.69, 9.17) is 10.5 Å². The molecule has 0 aliphatic carbocycles. The Morgan fingerprint density at radius 3 is 2.57 bits per heavy atom. The fraction of sp³-hybridized carbons (Fsp3) is 0.333. The maximum Gasteiger partial charge on any atom is 0.229 e. The highest BCUT2D eigenvalue weighted by atomic mass is 16.5. The normalized spacial score (nSPS) is 15.0. The fourth-order valence-electron chi connectivity index (χ4n) is 2.26. The number of ether oxygens (including phenoxy) is 1. The van der Waals surface area contributed by atoms with Gasteiger partial charge in [-0.25, -0.2) is 4.98 Å². The van der Waals surface area contributed by atoms with Crippen LogP contribution in [-0.4, -0.2) is 36.3 Å². The molecule has 21 heavy (non-hydrogen) atoms. The van der Waals surface area contributed by atoms with Gasteiger partial charge in [0.2, 0.25) is 5.95 Å². The van der Waals surface area contributed by atoms with Crippen molar-refractivity contribution in [3.05, 3.63) is 36.0 Å². The lowest BCUT2D eigenvalue weighted by molar-refractivity contribution is 0.122.